The molecule has 0 fully saturated rings. The van der Waals surface area contributed by atoms with Crippen LogP contribution in [0.1, 0.15) is 22.2 Å². The topological polar surface area (TPSA) is 60.5 Å². The lowest BCUT2D eigenvalue weighted by Crippen LogP contribution is -2.11. The number of hydrogen-bond donors (Lipinski definition) is 1. The van der Waals surface area contributed by atoms with Gasteiger partial charge in [0.1, 0.15) is 12.4 Å². The molecule has 5 nitrogen and oxygen atoms in total. The zero-order valence-electron chi connectivity index (χ0n) is 14.1. The third kappa shape index (κ3) is 4.83. The Balaban J connectivity index is 1.61. The van der Waals surface area contributed by atoms with Gasteiger partial charge in [0.15, 0.2) is 11.5 Å². The number of carbonyl (C=O) groups is 1. The lowest BCUT2D eigenvalue weighted by molar-refractivity contribution is 0.103. The highest BCUT2D eigenvalue weighted by molar-refractivity contribution is 9.10. The first-order chi connectivity index (χ1) is 12.7. The van der Waals surface area contributed by atoms with Crippen LogP contribution in [-0.4, -0.2) is 17.5 Å². The fourth-order valence-electron chi connectivity index (χ4n) is 2.20. The van der Waals surface area contributed by atoms with Crippen LogP contribution in [-0.2, 0) is 6.61 Å². The van der Waals surface area contributed by atoms with Crippen molar-refractivity contribution in [1.82, 2.24) is 4.98 Å². The molecule has 3 aromatic rings. The van der Waals surface area contributed by atoms with Crippen LogP contribution in [0.15, 0.2) is 58.5 Å². The van der Waals surface area contributed by atoms with Crippen LogP contribution in [0.5, 0.6) is 11.5 Å². The van der Waals surface area contributed by atoms with E-state index in [4.69, 9.17) is 9.47 Å². The SMILES string of the molecule is CCOc1ccccc1OCc1csc(C(=O)Nc2ccc(Br)cn2)c1. The number of thiophene rings is 1. The normalized spacial score (nSPS) is 10.4. The second-order valence-electron chi connectivity index (χ2n) is 5.30. The Labute approximate surface area is 164 Å². The predicted octanol–water partition coefficient (Wildman–Crippen LogP) is 5.14. The lowest BCUT2D eigenvalue weighted by atomic mass is 10.3. The van der Waals surface area contributed by atoms with Crippen LogP contribution in [0.2, 0.25) is 0 Å². The van der Waals surface area contributed by atoms with Crippen molar-refractivity contribution in [2.45, 2.75) is 13.5 Å². The Hall–Kier alpha value is -2.38. The number of nitrogens with zero attached hydrogens (tertiary/aromatic N) is 1. The van der Waals surface area contributed by atoms with Gasteiger partial charge in [-0.05, 0) is 58.6 Å². The van der Waals surface area contributed by atoms with E-state index in [2.05, 4.69) is 26.2 Å². The molecule has 0 aliphatic carbocycles. The van der Waals surface area contributed by atoms with Gasteiger partial charge in [0.25, 0.3) is 5.91 Å². The molecule has 26 heavy (non-hydrogen) atoms. The second-order valence-corrected chi connectivity index (χ2v) is 7.13. The maximum atomic E-state index is 12.3. The molecule has 2 heterocycles. The van der Waals surface area contributed by atoms with Gasteiger partial charge in [-0.1, -0.05) is 12.1 Å². The van der Waals surface area contributed by atoms with Crippen LogP contribution >= 0.6 is 27.3 Å². The van der Waals surface area contributed by atoms with E-state index in [0.29, 0.717) is 35.4 Å². The fraction of sp³-hybridized carbons (Fsp3) is 0.158. The van der Waals surface area contributed by atoms with E-state index in [9.17, 15) is 4.79 Å². The van der Waals surface area contributed by atoms with E-state index >= 15 is 0 Å². The maximum absolute atomic E-state index is 12.3. The van der Waals surface area contributed by atoms with E-state index in [0.717, 1.165) is 10.0 Å². The van der Waals surface area contributed by atoms with E-state index in [1.807, 2.05) is 48.7 Å². The van der Waals surface area contributed by atoms with E-state index in [1.165, 1.54) is 11.3 Å². The molecule has 0 bridgehead atoms. The third-order valence-corrected chi connectivity index (χ3v) is 4.84. The van der Waals surface area contributed by atoms with Crippen molar-refractivity contribution in [3.8, 4) is 11.5 Å². The van der Waals surface area contributed by atoms with Gasteiger partial charge in [-0.2, -0.15) is 0 Å². The van der Waals surface area contributed by atoms with Crippen LogP contribution in [0, 0.1) is 0 Å². The molecule has 7 heteroatoms. The number of nitrogens with one attached hydrogen (secondary N) is 1. The van der Waals surface area contributed by atoms with Crippen LogP contribution in [0.25, 0.3) is 0 Å². The summed E-state index contributed by atoms with van der Waals surface area (Å²) in [7, 11) is 0. The quantitative estimate of drug-likeness (QED) is 0.561. The zero-order chi connectivity index (χ0) is 18.4. The first-order valence-corrected chi connectivity index (χ1v) is 9.68. The van der Waals surface area contributed by atoms with Gasteiger partial charge >= 0.3 is 0 Å². The highest BCUT2D eigenvalue weighted by atomic mass is 79.9. The zero-order valence-corrected chi connectivity index (χ0v) is 16.5. The fourth-order valence-corrected chi connectivity index (χ4v) is 3.23. The Bertz CT molecular complexity index is 881. The minimum Gasteiger partial charge on any atom is -0.490 e. The molecule has 1 amide bonds. The average Bonchev–Trinajstić information content (AvgIpc) is 3.12. The molecule has 0 aliphatic rings. The second kappa shape index (κ2) is 8.82. The Morgan fingerprint density at radius 1 is 1.19 bits per heavy atom. The molecule has 0 aliphatic heterocycles. The van der Waals surface area contributed by atoms with Gasteiger partial charge in [-0.3, -0.25) is 4.79 Å². The molecule has 1 aromatic carbocycles. The monoisotopic (exact) mass is 432 g/mol. The van der Waals surface area contributed by atoms with Gasteiger partial charge in [-0.15, -0.1) is 11.3 Å². The van der Waals surface area contributed by atoms with Crippen molar-refractivity contribution in [3.63, 3.8) is 0 Å². The largest absolute Gasteiger partial charge is 0.490 e. The first-order valence-electron chi connectivity index (χ1n) is 8.00. The highest BCUT2D eigenvalue weighted by Crippen LogP contribution is 2.28. The highest BCUT2D eigenvalue weighted by Gasteiger charge is 2.11. The molecular formula is C19H17BrN2O3S. The van der Waals surface area contributed by atoms with E-state index in [1.54, 1.807) is 12.3 Å². The van der Waals surface area contributed by atoms with Crippen molar-refractivity contribution in [2.75, 3.05) is 11.9 Å². The van der Waals surface area contributed by atoms with Crippen molar-refractivity contribution in [3.05, 3.63) is 69.0 Å². The number of para-hydroxylation sites is 2. The van der Waals surface area contributed by atoms with Gasteiger partial charge in [-0.25, -0.2) is 4.98 Å². The summed E-state index contributed by atoms with van der Waals surface area (Å²) in [5, 5.41) is 4.69. The number of pyridine rings is 1. The summed E-state index contributed by atoms with van der Waals surface area (Å²) in [5.74, 6) is 1.72. The summed E-state index contributed by atoms with van der Waals surface area (Å²) >= 11 is 4.68. The van der Waals surface area contributed by atoms with Gasteiger partial charge in [0, 0.05) is 16.2 Å². The standard InChI is InChI=1S/C19H17BrN2O3S/c1-2-24-15-5-3-4-6-16(15)25-11-13-9-17(26-12-13)19(23)22-18-8-7-14(20)10-21-18/h3-10,12H,2,11H2,1H3,(H,21,22,23). The molecule has 0 unspecified atom stereocenters. The number of benzene rings is 1. The van der Waals surface area contributed by atoms with Gasteiger partial charge in [0.2, 0.25) is 0 Å². The molecule has 2 aromatic heterocycles. The Morgan fingerprint density at radius 3 is 2.65 bits per heavy atom. The van der Waals surface area contributed by atoms with Crippen LogP contribution < -0.4 is 14.8 Å². The minimum absolute atomic E-state index is 0.189. The van der Waals surface area contributed by atoms with E-state index in [-0.39, 0.29) is 5.91 Å². The van der Waals surface area contributed by atoms with Gasteiger partial charge in [0.05, 0.1) is 11.5 Å². The molecule has 134 valence electrons. The summed E-state index contributed by atoms with van der Waals surface area (Å²) in [6.45, 7) is 2.87. The number of hydrogen-bond acceptors (Lipinski definition) is 5. The number of rotatable bonds is 7. The smallest absolute Gasteiger partial charge is 0.266 e. The minimum atomic E-state index is -0.189. The average molecular weight is 433 g/mol. The van der Waals surface area contributed by atoms with Crippen molar-refractivity contribution in [1.29, 1.82) is 0 Å². The summed E-state index contributed by atoms with van der Waals surface area (Å²) in [4.78, 5) is 17.1. The third-order valence-electron chi connectivity index (χ3n) is 3.39. The van der Waals surface area contributed by atoms with Crippen molar-refractivity contribution < 1.29 is 14.3 Å². The molecule has 3 rings (SSSR count). The molecule has 0 saturated heterocycles. The van der Waals surface area contributed by atoms with Crippen molar-refractivity contribution >= 4 is 39.0 Å². The Morgan fingerprint density at radius 2 is 1.96 bits per heavy atom. The summed E-state index contributed by atoms with van der Waals surface area (Å²) in [5.41, 5.74) is 0.926. The number of halogens is 1. The number of amides is 1. The molecule has 1 N–H and O–H groups in total. The summed E-state index contributed by atoms with van der Waals surface area (Å²) in [6, 6.07) is 12.9. The lowest BCUT2D eigenvalue weighted by Gasteiger charge is -2.10. The number of anilines is 1. The van der Waals surface area contributed by atoms with E-state index < -0.39 is 0 Å². The maximum Gasteiger partial charge on any atom is 0.266 e. The van der Waals surface area contributed by atoms with Crippen molar-refractivity contribution in [2.24, 2.45) is 0 Å². The number of carbonyl (C=O) groups excluding carboxylic acids is 1. The Kier molecular flexibility index (Phi) is 6.25. The molecule has 0 saturated carbocycles. The first kappa shape index (κ1) is 18.4. The summed E-state index contributed by atoms with van der Waals surface area (Å²) in [6.07, 6.45) is 1.64. The number of ether oxygens (including phenoxy) is 2. The summed E-state index contributed by atoms with van der Waals surface area (Å²) < 4.78 is 12.2. The van der Waals surface area contributed by atoms with Gasteiger partial charge < -0.3 is 14.8 Å². The van der Waals surface area contributed by atoms with Crippen LogP contribution in [0.4, 0.5) is 5.82 Å². The molecule has 0 radical (unpaired) electrons. The van der Waals surface area contributed by atoms with Crippen LogP contribution in [0.3, 0.4) is 0 Å². The number of aromatic nitrogens is 1. The molecule has 0 spiro atoms. The molecule has 0 atom stereocenters. The predicted molar refractivity (Wildman–Crippen MR) is 106 cm³/mol. The molecular weight excluding hydrogens is 416 g/mol.